The lowest BCUT2D eigenvalue weighted by molar-refractivity contribution is 0.176. The van der Waals surface area contributed by atoms with Gasteiger partial charge in [-0.2, -0.15) is 0 Å². The van der Waals surface area contributed by atoms with Crippen LogP contribution in [0.15, 0.2) is 24.5 Å². The maximum atomic E-state index is 10.3. The number of hydrogen-bond acceptors (Lipinski definition) is 4. The van der Waals surface area contributed by atoms with Crippen molar-refractivity contribution in [3.8, 4) is 5.75 Å². The van der Waals surface area contributed by atoms with Gasteiger partial charge in [0.05, 0.1) is 13.2 Å². The Hall–Kier alpha value is -1.94. The molecule has 4 heteroatoms. The van der Waals surface area contributed by atoms with Crippen molar-refractivity contribution in [2.45, 2.75) is 33.3 Å². The SMILES string of the molecule is COc1c(C)cnc(CC(O)c2ccnc(C)c2)c1C. The van der Waals surface area contributed by atoms with Crippen LogP contribution >= 0.6 is 0 Å². The molecule has 0 saturated carbocycles. The average Bonchev–Trinajstić information content (AvgIpc) is 2.42. The first-order valence-corrected chi connectivity index (χ1v) is 6.62. The molecule has 0 saturated heterocycles. The largest absolute Gasteiger partial charge is 0.496 e. The summed E-state index contributed by atoms with van der Waals surface area (Å²) in [6.45, 7) is 5.85. The highest BCUT2D eigenvalue weighted by Gasteiger charge is 2.15. The molecule has 0 aliphatic carbocycles. The molecule has 4 nitrogen and oxygen atoms in total. The summed E-state index contributed by atoms with van der Waals surface area (Å²) >= 11 is 0. The molecular formula is C16H20N2O2. The van der Waals surface area contributed by atoms with Crippen molar-refractivity contribution < 1.29 is 9.84 Å². The Kier molecular flexibility index (Phi) is 4.35. The molecule has 0 aliphatic heterocycles. The van der Waals surface area contributed by atoms with Crippen LogP contribution in [0.1, 0.15) is 34.2 Å². The number of pyridine rings is 2. The topological polar surface area (TPSA) is 55.2 Å². The lowest BCUT2D eigenvalue weighted by Gasteiger charge is -2.15. The van der Waals surface area contributed by atoms with Crippen LogP contribution in [-0.4, -0.2) is 22.2 Å². The molecule has 0 radical (unpaired) electrons. The minimum atomic E-state index is -0.588. The molecule has 20 heavy (non-hydrogen) atoms. The van der Waals surface area contributed by atoms with Crippen LogP contribution in [0.25, 0.3) is 0 Å². The van der Waals surface area contributed by atoms with Gasteiger partial charge in [-0.05, 0) is 38.5 Å². The van der Waals surface area contributed by atoms with Crippen LogP contribution in [0, 0.1) is 20.8 Å². The molecule has 2 rings (SSSR count). The van der Waals surface area contributed by atoms with Crippen LogP contribution < -0.4 is 4.74 Å². The van der Waals surface area contributed by atoms with Gasteiger partial charge in [0.1, 0.15) is 5.75 Å². The summed E-state index contributed by atoms with van der Waals surface area (Å²) in [6, 6.07) is 3.73. The zero-order valence-electron chi connectivity index (χ0n) is 12.3. The maximum Gasteiger partial charge on any atom is 0.128 e. The summed E-state index contributed by atoms with van der Waals surface area (Å²) in [5.74, 6) is 0.841. The van der Waals surface area contributed by atoms with Crippen molar-refractivity contribution in [2.75, 3.05) is 7.11 Å². The second-order valence-electron chi connectivity index (χ2n) is 5.00. The quantitative estimate of drug-likeness (QED) is 0.929. The summed E-state index contributed by atoms with van der Waals surface area (Å²) in [4.78, 5) is 8.56. The minimum absolute atomic E-state index is 0.464. The number of methoxy groups -OCH3 is 1. The van der Waals surface area contributed by atoms with Crippen molar-refractivity contribution in [1.82, 2.24) is 9.97 Å². The van der Waals surface area contributed by atoms with Gasteiger partial charge in [0.15, 0.2) is 0 Å². The Labute approximate surface area is 119 Å². The number of aromatic nitrogens is 2. The molecule has 0 amide bonds. The highest BCUT2D eigenvalue weighted by atomic mass is 16.5. The lowest BCUT2D eigenvalue weighted by atomic mass is 10.0. The van der Waals surface area contributed by atoms with Gasteiger partial charge in [-0.1, -0.05) is 0 Å². The molecule has 0 spiro atoms. The normalized spacial score (nSPS) is 12.2. The van der Waals surface area contributed by atoms with Gasteiger partial charge in [0, 0.05) is 41.3 Å². The molecular weight excluding hydrogens is 252 g/mol. The average molecular weight is 272 g/mol. The monoisotopic (exact) mass is 272 g/mol. The fraction of sp³-hybridized carbons (Fsp3) is 0.375. The van der Waals surface area contributed by atoms with Gasteiger partial charge >= 0.3 is 0 Å². The molecule has 2 aromatic heterocycles. The zero-order valence-corrected chi connectivity index (χ0v) is 12.3. The molecule has 1 N–H and O–H groups in total. The molecule has 1 unspecified atom stereocenters. The number of aliphatic hydroxyl groups is 1. The van der Waals surface area contributed by atoms with E-state index in [2.05, 4.69) is 9.97 Å². The summed E-state index contributed by atoms with van der Waals surface area (Å²) < 4.78 is 5.39. The number of aryl methyl sites for hydroxylation is 2. The summed E-state index contributed by atoms with van der Waals surface area (Å²) in [6.07, 6.45) is 3.37. The van der Waals surface area contributed by atoms with E-state index in [0.717, 1.165) is 33.8 Å². The summed E-state index contributed by atoms with van der Waals surface area (Å²) in [5.41, 5.74) is 4.60. The van der Waals surface area contributed by atoms with Crippen LogP contribution in [0.4, 0.5) is 0 Å². The Bertz CT molecular complexity index is 611. The third-order valence-corrected chi connectivity index (χ3v) is 3.44. The third kappa shape index (κ3) is 2.96. The molecule has 106 valence electrons. The fourth-order valence-electron chi connectivity index (χ4n) is 2.35. The number of ether oxygens (including phenoxy) is 1. The Morgan fingerprint density at radius 2 is 2.00 bits per heavy atom. The maximum absolute atomic E-state index is 10.3. The number of nitrogens with zero attached hydrogens (tertiary/aromatic N) is 2. The van der Waals surface area contributed by atoms with Crippen LogP contribution in [0.5, 0.6) is 5.75 Å². The van der Waals surface area contributed by atoms with E-state index in [1.165, 1.54) is 0 Å². The second-order valence-corrected chi connectivity index (χ2v) is 5.00. The number of aliphatic hydroxyl groups excluding tert-OH is 1. The van der Waals surface area contributed by atoms with Gasteiger partial charge in [0.25, 0.3) is 0 Å². The smallest absolute Gasteiger partial charge is 0.128 e. The second kappa shape index (κ2) is 6.01. The summed E-state index contributed by atoms with van der Waals surface area (Å²) in [7, 11) is 1.65. The third-order valence-electron chi connectivity index (χ3n) is 3.44. The minimum Gasteiger partial charge on any atom is -0.496 e. The predicted molar refractivity (Wildman–Crippen MR) is 77.9 cm³/mol. The predicted octanol–water partition coefficient (Wildman–Crippen LogP) is 2.69. The van der Waals surface area contributed by atoms with E-state index < -0.39 is 6.10 Å². The van der Waals surface area contributed by atoms with Crippen molar-refractivity contribution in [1.29, 1.82) is 0 Å². The molecule has 0 bridgehead atoms. The molecule has 2 heterocycles. The Balaban J connectivity index is 2.26. The molecule has 0 fully saturated rings. The first-order valence-electron chi connectivity index (χ1n) is 6.62. The summed E-state index contributed by atoms with van der Waals surface area (Å²) in [5, 5.41) is 10.3. The van der Waals surface area contributed by atoms with Gasteiger partial charge in [-0.3, -0.25) is 9.97 Å². The van der Waals surface area contributed by atoms with E-state index in [1.807, 2.05) is 32.9 Å². The first kappa shape index (κ1) is 14.5. The molecule has 0 aliphatic rings. The van der Waals surface area contributed by atoms with E-state index in [0.29, 0.717) is 6.42 Å². The molecule has 0 aromatic carbocycles. The molecule has 1 atom stereocenters. The van der Waals surface area contributed by atoms with Gasteiger partial charge in [-0.15, -0.1) is 0 Å². The standard InChI is InChI=1S/C16H20N2O2/c1-10-9-18-14(12(3)16(10)20-4)8-15(19)13-5-6-17-11(2)7-13/h5-7,9,15,19H,8H2,1-4H3. The van der Waals surface area contributed by atoms with Crippen molar-refractivity contribution >= 4 is 0 Å². The van der Waals surface area contributed by atoms with E-state index >= 15 is 0 Å². The van der Waals surface area contributed by atoms with Gasteiger partial charge < -0.3 is 9.84 Å². The van der Waals surface area contributed by atoms with Crippen molar-refractivity contribution in [2.24, 2.45) is 0 Å². The van der Waals surface area contributed by atoms with Crippen LogP contribution in [0.2, 0.25) is 0 Å². The highest BCUT2D eigenvalue weighted by Crippen LogP contribution is 2.27. The number of rotatable bonds is 4. The van der Waals surface area contributed by atoms with E-state index in [4.69, 9.17) is 4.74 Å². The van der Waals surface area contributed by atoms with E-state index in [9.17, 15) is 5.11 Å². The highest BCUT2D eigenvalue weighted by molar-refractivity contribution is 5.41. The van der Waals surface area contributed by atoms with E-state index in [1.54, 1.807) is 19.5 Å². The van der Waals surface area contributed by atoms with Crippen molar-refractivity contribution in [3.05, 3.63) is 52.6 Å². The van der Waals surface area contributed by atoms with Crippen molar-refractivity contribution in [3.63, 3.8) is 0 Å². The fourth-order valence-corrected chi connectivity index (χ4v) is 2.35. The molecule has 2 aromatic rings. The van der Waals surface area contributed by atoms with Gasteiger partial charge in [0.2, 0.25) is 0 Å². The first-order chi connectivity index (χ1) is 9.52. The number of hydrogen-bond donors (Lipinski definition) is 1. The zero-order chi connectivity index (χ0) is 14.7. The van der Waals surface area contributed by atoms with Crippen LogP contribution in [0.3, 0.4) is 0 Å². The lowest BCUT2D eigenvalue weighted by Crippen LogP contribution is -2.07. The van der Waals surface area contributed by atoms with E-state index in [-0.39, 0.29) is 0 Å². The Morgan fingerprint density at radius 3 is 2.65 bits per heavy atom. The van der Waals surface area contributed by atoms with Crippen LogP contribution in [-0.2, 0) is 6.42 Å². The van der Waals surface area contributed by atoms with Gasteiger partial charge in [-0.25, -0.2) is 0 Å². The Morgan fingerprint density at radius 1 is 1.25 bits per heavy atom.